The minimum absolute atomic E-state index is 0.165. The first-order valence-corrected chi connectivity index (χ1v) is 6.32. The van der Waals surface area contributed by atoms with E-state index in [1.54, 1.807) is 25.4 Å². The quantitative estimate of drug-likeness (QED) is 0.818. The molecule has 2 rings (SSSR count). The Kier molecular flexibility index (Phi) is 4.89. The summed E-state index contributed by atoms with van der Waals surface area (Å²) in [6.07, 6.45) is 1.57. The van der Waals surface area contributed by atoms with Gasteiger partial charge in [0.15, 0.2) is 11.4 Å². The van der Waals surface area contributed by atoms with Gasteiger partial charge in [-0.2, -0.15) is 5.10 Å². The molecule has 0 fully saturated rings. The van der Waals surface area contributed by atoms with Crippen LogP contribution < -0.4 is 10.1 Å². The summed E-state index contributed by atoms with van der Waals surface area (Å²) in [5.74, 6) is -0.352. The molecule has 7 heteroatoms. The molecule has 0 atom stereocenters. The predicted octanol–water partition coefficient (Wildman–Crippen LogP) is 1.40. The van der Waals surface area contributed by atoms with Crippen LogP contribution in [0.4, 0.5) is 4.39 Å². The van der Waals surface area contributed by atoms with Gasteiger partial charge in [0.1, 0.15) is 5.82 Å². The second-order valence-electron chi connectivity index (χ2n) is 4.22. The molecule has 1 N–H and O–H groups in total. The normalized spacial score (nSPS) is 10.4. The highest BCUT2D eigenvalue weighted by atomic mass is 19.1. The van der Waals surface area contributed by atoms with Crippen molar-refractivity contribution in [2.75, 3.05) is 27.4 Å². The maximum atomic E-state index is 12.9. The van der Waals surface area contributed by atoms with Gasteiger partial charge in [-0.3, -0.25) is 4.79 Å². The predicted molar refractivity (Wildman–Crippen MR) is 74.3 cm³/mol. The molecule has 2 aromatic rings. The molecule has 0 saturated carbocycles. The Morgan fingerprint density at radius 3 is 2.67 bits per heavy atom. The van der Waals surface area contributed by atoms with Crippen LogP contribution in [-0.4, -0.2) is 43.1 Å². The number of carbonyl (C=O) groups excluding carboxylic acids is 1. The molecule has 0 bridgehead atoms. The number of amides is 1. The van der Waals surface area contributed by atoms with Gasteiger partial charge in [0.2, 0.25) is 0 Å². The van der Waals surface area contributed by atoms with E-state index in [-0.39, 0.29) is 17.4 Å². The number of halogens is 1. The molecule has 0 aliphatic heterocycles. The fourth-order valence-corrected chi connectivity index (χ4v) is 1.74. The summed E-state index contributed by atoms with van der Waals surface area (Å²) in [5.41, 5.74) is 0.795. The zero-order chi connectivity index (χ0) is 15.2. The van der Waals surface area contributed by atoms with Gasteiger partial charge in [0, 0.05) is 13.7 Å². The maximum Gasteiger partial charge on any atom is 0.275 e. The van der Waals surface area contributed by atoms with Crippen molar-refractivity contribution in [1.29, 1.82) is 0 Å². The fourth-order valence-electron chi connectivity index (χ4n) is 1.74. The number of aromatic nitrogens is 2. The van der Waals surface area contributed by atoms with Crippen molar-refractivity contribution in [3.05, 3.63) is 42.0 Å². The molecule has 1 aromatic heterocycles. The van der Waals surface area contributed by atoms with Gasteiger partial charge in [0.05, 0.1) is 25.6 Å². The second kappa shape index (κ2) is 6.85. The van der Waals surface area contributed by atoms with E-state index in [0.717, 1.165) is 0 Å². The first-order valence-electron chi connectivity index (χ1n) is 6.32. The topological polar surface area (TPSA) is 65.4 Å². The summed E-state index contributed by atoms with van der Waals surface area (Å²) in [6.45, 7) is 0.786. The molecule has 112 valence electrons. The number of hydrogen-bond donors (Lipinski definition) is 1. The van der Waals surface area contributed by atoms with Crippen molar-refractivity contribution < 1.29 is 18.7 Å². The Morgan fingerprint density at radius 1 is 1.33 bits per heavy atom. The highest BCUT2D eigenvalue weighted by Gasteiger charge is 2.17. The smallest absolute Gasteiger partial charge is 0.275 e. The summed E-state index contributed by atoms with van der Waals surface area (Å²) in [4.78, 5) is 12.0. The van der Waals surface area contributed by atoms with Crippen LogP contribution in [0.2, 0.25) is 0 Å². The lowest BCUT2D eigenvalue weighted by Crippen LogP contribution is -2.27. The molecule has 0 spiro atoms. The number of carbonyl (C=O) groups is 1. The SMILES string of the molecule is COCCNC(=O)c1nn(-c2ccc(F)cc2)cc1OC. The number of nitrogens with one attached hydrogen (secondary N) is 1. The van der Waals surface area contributed by atoms with E-state index < -0.39 is 0 Å². The van der Waals surface area contributed by atoms with E-state index in [4.69, 9.17) is 9.47 Å². The number of rotatable bonds is 6. The van der Waals surface area contributed by atoms with Gasteiger partial charge in [-0.05, 0) is 24.3 Å². The molecule has 0 unspecified atom stereocenters. The molecule has 21 heavy (non-hydrogen) atoms. The third-order valence-electron chi connectivity index (χ3n) is 2.80. The van der Waals surface area contributed by atoms with Crippen LogP contribution in [0.5, 0.6) is 5.75 Å². The van der Waals surface area contributed by atoms with E-state index in [1.807, 2.05) is 0 Å². The van der Waals surface area contributed by atoms with Crippen molar-refractivity contribution >= 4 is 5.91 Å². The largest absolute Gasteiger partial charge is 0.493 e. The van der Waals surface area contributed by atoms with Gasteiger partial charge < -0.3 is 14.8 Å². The van der Waals surface area contributed by atoms with Crippen molar-refractivity contribution in [3.8, 4) is 11.4 Å². The van der Waals surface area contributed by atoms with E-state index in [2.05, 4.69) is 10.4 Å². The average Bonchev–Trinajstić information content (AvgIpc) is 2.92. The Labute approximate surface area is 121 Å². The van der Waals surface area contributed by atoms with Gasteiger partial charge in [-0.25, -0.2) is 9.07 Å². The van der Waals surface area contributed by atoms with Crippen molar-refractivity contribution in [2.45, 2.75) is 0 Å². The van der Waals surface area contributed by atoms with E-state index >= 15 is 0 Å². The number of ether oxygens (including phenoxy) is 2. The molecular formula is C14H16FN3O3. The monoisotopic (exact) mass is 293 g/mol. The van der Waals surface area contributed by atoms with Crippen LogP contribution in [0.1, 0.15) is 10.5 Å². The first-order chi connectivity index (χ1) is 10.2. The van der Waals surface area contributed by atoms with Crippen LogP contribution >= 0.6 is 0 Å². The summed E-state index contributed by atoms with van der Waals surface area (Å²) < 4.78 is 24.4. The number of benzene rings is 1. The highest BCUT2D eigenvalue weighted by Crippen LogP contribution is 2.19. The van der Waals surface area contributed by atoms with Crippen LogP contribution in [-0.2, 0) is 4.74 Å². The highest BCUT2D eigenvalue weighted by molar-refractivity contribution is 5.94. The molecule has 0 saturated heterocycles. The maximum absolute atomic E-state index is 12.9. The van der Waals surface area contributed by atoms with E-state index in [1.165, 1.54) is 23.9 Å². The molecule has 0 radical (unpaired) electrons. The van der Waals surface area contributed by atoms with Crippen LogP contribution in [0.25, 0.3) is 5.69 Å². The van der Waals surface area contributed by atoms with E-state index in [0.29, 0.717) is 24.6 Å². The molecule has 0 aliphatic rings. The lowest BCUT2D eigenvalue weighted by Gasteiger charge is -2.03. The third-order valence-corrected chi connectivity index (χ3v) is 2.80. The zero-order valence-electron chi connectivity index (χ0n) is 11.8. The van der Waals surface area contributed by atoms with E-state index in [9.17, 15) is 9.18 Å². The minimum Gasteiger partial charge on any atom is -0.493 e. The van der Waals surface area contributed by atoms with Crippen molar-refractivity contribution in [2.24, 2.45) is 0 Å². The second-order valence-corrected chi connectivity index (χ2v) is 4.22. The van der Waals surface area contributed by atoms with Gasteiger partial charge in [-0.15, -0.1) is 0 Å². The molecular weight excluding hydrogens is 277 g/mol. The summed E-state index contributed by atoms with van der Waals surface area (Å²) in [7, 11) is 3.01. The summed E-state index contributed by atoms with van der Waals surface area (Å²) in [6, 6.07) is 5.77. The Hall–Kier alpha value is -2.41. The Bertz CT molecular complexity index is 610. The molecule has 1 amide bonds. The zero-order valence-corrected chi connectivity index (χ0v) is 11.8. The standard InChI is InChI=1S/C14H16FN3O3/c1-20-8-7-16-14(19)13-12(21-2)9-18(17-13)11-5-3-10(15)4-6-11/h3-6,9H,7-8H2,1-2H3,(H,16,19). The molecule has 0 aliphatic carbocycles. The Morgan fingerprint density at radius 2 is 2.05 bits per heavy atom. The lowest BCUT2D eigenvalue weighted by atomic mass is 10.3. The van der Waals surface area contributed by atoms with Gasteiger partial charge in [-0.1, -0.05) is 0 Å². The molecule has 1 heterocycles. The van der Waals surface area contributed by atoms with Crippen molar-refractivity contribution in [1.82, 2.24) is 15.1 Å². The number of nitrogens with zero attached hydrogens (tertiary/aromatic N) is 2. The number of hydrogen-bond acceptors (Lipinski definition) is 4. The van der Waals surface area contributed by atoms with Gasteiger partial charge >= 0.3 is 0 Å². The lowest BCUT2D eigenvalue weighted by molar-refractivity contribution is 0.0928. The fraction of sp³-hybridized carbons (Fsp3) is 0.286. The summed E-state index contributed by atoms with van der Waals surface area (Å²) >= 11 is 0. The third kappa shape index (κ3) is 3.57. The summed E-state index contributed by atoms with van der Waals surface area (Å²) in [5, 5.41) is 6.84. The van der Waals surface area contributed by atoms with Crippen LogP contribution in [0.15, 0.2) is 30.5 Å². The molecule has 6 nitrogen and oxygen atoms in total. The average molecular weight is 293 g/mol. The van der Waals surface area contributed by atoms with Gasteiger partial charge in [0.25, 0.3) is 5.91 Å². The van der Waals surface area contributed by atoms with Crippen LogP contribution in [0.3, 0.4) is 0 Å². The van der Waals surface area contributed by atoms with Crippen molar-refractivity contribution in [3.63, 3.8) is 0 Å². The number of methoxy groups -OCH3 is 2. The Balaban J connectivity index is 2.22. The minimum atomic E-state index is -0.357. The van der Waals surface area contributed by atoms with Crippen LogP contribution in [0, 0.1) is 5.82 Å². The molecule has 1 aromatic carbocycles. The first kappa shape index (κ1) is 15.0.